The third-order valence-electron chi connectivity index (χ3n) is 4.36. The number of amides is 1. The smallest absolute Gasteiger partial charge is 0.497 e. The second kappa shape index (κ2) is 8.31. The van der Waals surface area contributed by atoms with Gasteiger partial charge < -0.3 is 14.8 Å². The van der Waals surface area contributed by atoms with Crippen molar-refractivity contribution in [3.8, 4) is 22.8 Å². The quantitative estimate of drug-likeness (QED) is 0.444. The van der Waals surface area contributed by atoms with Crippen LogP contribution in [0.2, 0.25) is 0 Å². The molecule has 0 aliphatic heterocycles. The summed E-state index contributed by atoms with van der Waals surface area (Å²) in [6, 6.07) is 12.5. The standard InChI is InChI=1S/C21H16F3N3O3S/c1-29-17-4-2-3-13(9-17)18-11-27-15(12-31-20(27)26-18)10-19(28)25-14-5-7-16(8-6-14)30-21(22,23)24/h2-9,11-12H,10H2,1H3,(H,25,28). The molecule has 0 spiro atoms. The first-order valence-corrected chi connectivity index (χ1v) is 9.94. The number of fused-ring (bicyclic) bond motifs is 1. The molecular weight excluding hydrogens is 431 g/mol. The molecule has 0 unspecified atom stereocenters. The summed E-state index contributed by atoms with van der Waals surface area (Å²) in [5.74, 6) is 0.0643. The Morgan fingerprint density at radius 2 is 1.94 bits per heavy atom. The van der Waals surface area contributed by atoms with E-state index in [-0.39, 0.29) is 18.1 Å². The zero-order valence-corrected chi connectivity index (χ0v) is 17.0. The molecule has 0 saturated heterocycles. The zero-order valence-electron chi connectivity index (χ0n) is 16.1. The van der Waals surface area contributed by atoms with Crippen LogP contribution in [0, 0.1) is 0 Å². The van der Waals surface area contributed by atoms with Crippen LogP contribution in [0.1, 0.15) is 5.69 Å². The Labute approximate surface area is 178 Å². The van der Waals surface area contributed by atoms with E-state index in [1.165, 1.54) is 23.5 Å². The van der Waals surface area contributed by atoms with Crippen molar-refractivity contribution < 1.29 is 27.4 Å². The number of thiazole rings is 1. The number of rotatable bonds is 6. The van der Waals surface area contributed by atoms with Gasteiger partial charge in [-0.25, -0.2) is 4.98 Å². The Kier molecular flexibility index (Phi) is 5.55. The summed E-state index contributed by atoms with van der Waals surface area (Å²) in [6.07, 6.45) is -2.83. The van der Waals surface area contributed by atoms with Crippen LogP contribution in [0.3, 0.4) is 0 Å². The maximum absolute atomic E-state index is 12.4. The van der Waals surface area contributed by atoms with Crippen molar-refractivity contribution in [1.82, 2.24) is 9.38 Å². The van der Waals surface area contributed by atoms with E-state index in [9.17, 15) is 18.0 Å². The highest BCUT2D eigenvalue weighted by atomic mass is 32.1. The normalized spacial score (nSPS) is 11.5. The Morgan fingerprint density at radius 1 is 1.16 bits per heavy atom. The van der Waals surface area contributed by atoms with Crippen molar-refractivity contribution in [3.05, 3.63) is 65.8 Å². The van der Waals surface area contributed by atoms with Gasteiger partial charge in [-0.2, -0.15) is 0 Å². The van der Waals surface area contributed by atoms with Crippen molar-refractivity contribution >= 4 is 27.9 Å². The maximum atomic E-state index is 12.4. The fraction of sp³-hybridized carbons (Fsp3) is 0.143. The van der Waals surface area contributed by atoms with E-state index in [0.29, 0.717) is 5.69 Å². The predicted molar refractivity (Wildman–Crippen MR) is 111 cm³/mol. The van der Waals surface area contributed by atoms with Gasteiger partial charge in [-0.15, -0.1) is 24.5 Å². The molecule has 31 heavy (non-hydrogen) atoms. The summed E-state index contributed by atoms with van der Waals surface area (Å²) >= 11 is 1.41. The number of halogens is 3. The number of carbonyl (C=O) groups is 1. The summed E-state index contributed by atoms with van der Waals surface area (Å²) in [5.41, 5.74) is 2.77. The minimum Gasteiger partial charge on any atom is -0.497 e. The maximum Gasteiger partial charge on any atom is 0.573 e. The topological polar surface area (TPSA) is 64.9 Å². The lowest BCUT2D eigenvalue weighted by Crippen LogP contribution is -2.17. The van der Waals surface area contributed by atoms with Crippen LogP contribution in [-0.2, 0) is 11.2 Å². The number of hydrogen-bond acceptors (Lipinski definition) is 5. The van der Waals surface area contributed by atoms with Gasteiger partial charge in [0, 0.05) is 28.5 Å². The second-order valence-electron chi connectivity index (χ2n) is 6.53. The summed E-state index contributed by atoms with van der Waals surface area (Å²) in [4.78, 5) is 17.8. The molecule has 2 heterocycles. The average molecular weight is 447 g/mol. The monoisotopic (exact) mass is 447 g/mol. The molecule has 0 bridgehead atoms. The molecule has 2 aromatic heterocycles. The van der Waals surface area contributed by atoms with Gasteiger partial charge in [-0.3, -0.25) is 9.20 Å². The van der Waals surface area contributed by atoms with E-state index in [0.717, 1.165) is 39.8 Å². The third kappa shape index (κ3) is 4.97. The third-order valence-corrected chi connectivity index (χ3v) is 5.25. The van der Waals surface area contributed by atoms with Crippen molar-refractivity contribution in [3.63, 3.8) is 0 Å². The fourth-order valence-electron chi connectivity index (χ4n) is 2.99. The van der Waals surface area contributed by atoms with E-state index in [1.807, 2.05) is 40.2 Å². The van der Waals surface area contributed by atoms with E-state index >= 15 is 0 Å². The molecule has 0 aliphatic rings. The number of nitrogens with zero attached hydrogens (tertiary/aromatic N) is 2. The number of carbonyl (C=O) groups excluding carboxylic acids is 1. The molecule has 6 nitrogen and oxygen atoms in total. The SMILES string of the molecule is COc1cccc(-c2cn3c(CC(=O)Nc4ccc(OC(F)(F)F)cc4)csc3n2)c1. The first-order valence-electron chi connectivity index (χ1n) is 9.06. The molecule has 1 amide bonds. The number of ether oxygens (including phenoxy) is 2. The number of aromatic nitrogens is 2. The highest BCUT2D eigenvalue weighted by Gasteiger charge is 2.31. The molecule has 4 rings (SSSR count). The molecule has 0 saturated carbocycles. The molecule has 4 aromatic rings. The van der Waals surface area contributed by atoms with Gasteiger partial charge in [-0.1, -0.05) is 12.1 Å². The molecule has 0 fully saturated rings. The lowest BCUT2D eigenvalue weighted by Gasteiger charge is -2.10. The summed E-state index contributed by atoms with van der Waals surface area (Å²) < 4.78 is 47.6. The molecule has 10 heteroatoms. The van der Waals surface area contributed by atoms with Crippen molar-refractivity contribution in [2.75, 3.05) is 12.4 Å². The highest BCUT2D eigenvalue weighted by molar-refractivity contribution is 7.15. The number of nitrogens with one attached hydrogen (secondary N) is 1. The van der Waals surface area contributed by atoms with Gasteiger partial charge in [0.1, 0.15) is 11.5 Å². The van der Waals surface area contributed by atoms with Crippen LogP contribution in [-0.4, -0.2) is 28.8 Å². The van der Waals surface area contributed by atoms with E-state index in [4.69, 9.17) is 4.74 Å². The first-order chi connectivity index (χ1) is 14.8. The summed E-state index contributed by atoms with van der Waals surface area (Å²) in [7, 11) is 1.60. The summed E-state index contributed by atoms with van der Waals surface area (Å²) in [6.45, 7) is 0. The van der Waals surface area contributed by atoms with Gasteiger partial charge >= 0.3 is 6.36 Å². The minimum atomic E-state index is -4.76. The molecule has 160 valence electrons. The molecule has 0 atom stereocenters. The Balaban J connectivity index is 1.46. The van der Waals surface area contributed by atoms with Crippen molar-refractivity contribution in [2.24, 2.45) is 0 Å². The zero-order chi connectivity index (χ0) is 22.0. The second-order valence-corrected chi connectivity index (χ2v) is 7.37. The predicted octanol–water partition coefficient (Wildman–Crippen LogP) is 5.15. The van der Waals surface area contributed by atoms with E-state index < -0.39 is 6.36 Å². The van der Waals surface area contributed by atoms with Gasteiger partial charge in [0.25, 0.3) is 0 Å². The number of alkyl halides is 3. The fourth-order valence-corrected chi connectivity index (χ4v) is 3.86. The van der Waals surface area contributed by atoms with Gasteiger partial charge in [0.2, 0.25) is 5.91 Å². The van der Waals surface area contributed by atoms with Crippen LogP contribution < -0.4 is 14.8 Å². The largest absolute Gasteiger partial charge is 0.573 e. The van der Waals surface area contributed by atoms with Gasteiger partial charge in [0.05, 0.1) is 19.2 Å². The summed E-state index contributed by atoms with van der Waals surface area (Å²) in [5, 5.41) is 4.51. The van der Waals surface area contributed by atoms with Crippen LogP contribution in [0.25, 0.3) is 16.2 Å². The Hall–Kier alpha value is -3.53. The molecule has 1 N–H and O–H groups in total. The number of methoxy groups -OCH3 is 1. The van der Waals surface area contributed by atoms with Crippen LogP contribution in [0.15, 0.2) is 60.1 Å². The lowest BCUT2D eigenvalue weighted by atomic mass is 10.1. The molecule has 2 aromatic carbocycles. The Morgan fingerprint density at radius 3 is 2.65 bits per heavy atom. The molecule has 0 radical (unpaired) electrons. The highest BCUT2D eigenvalue weighted by Crippen LogP contribution is 2.27. The molecule has 0 aliphatic carbocycles. The minimum absolute atomic E-state index is 0.0781. The number of anilines is 1. The van der Waals surface area contributed by atoms with Crippen LogP contribution in [0.5, 0.6) is 11.5 Å². The van der Waals surface area contributed by atoms with Crippen LogP contribution >= 0.6 is 11.3 Å². The van der Waals surface area contributed by atoms with E-state index in [2.05, 4.69) is 15.0 Å². The van der Waals surface area contributed by atoms with Crippen molar-refractivity contribution in [1.29, 1.82) is 0 Å². The average Bonchev–Trinajstić information content (AvgIpc) is 3.30. The first kappa shape index (κ1) is 20.7. The van der Waals surface area contributed by atoms with Crippen molar-refractivity contribution in [2.45, 2.75) is 12.8 Å². The molecular formula is C21H16F3N3O3S. The Bertz CT molecular complexity index is 1220. The number of imidazole rings is 1. The van der Waals surface area contributed by atoms with Gasteiger partial charge in [-0.05, 0) is 36.4 Å². The van der Waals surface area contributed by atoms with Gasteiger partial charge in [0.15, 0.2) is 4.96 Å². The van der Waals surface area contributed by atoms with Crippen LogP contribution in [0.4, 0.5) is 18.9 Å². The van der Waals surface area contributed by atoms with E-state index in [1.54, 1.807) is 7.11 Å². The lowest BCUT2D eigenvalue weighted by molar-refractivity contribution is -0.274. The number of benzene rings is 2. The number of hydrogen-bond donors (Lipinski definition) is 1.